The zero-order chi connectivity index (χ0) is 13.1. The Hall–Kier alpha value is -1.02. The fraction of sp³-hybridized carbons (Fsp3) is 0.647. The van der Waals surface area contributed by atoms with Gasteiger partial charge in [-0.25, -0.2) is 0 Å². The Morgan fingerprint density at radius 2 is 2.05 bits per heavy atom. The summed E-state index contributed by atoms with van der Waals surface area (Å²) in [6, 6.07) is 6.97. The highest BCUT2D eigenvalue weighted by atomic mass is 15.1. The molecule has 1 aliphatic carbocycles. The number of anilines is 1. The minimum Gasteiger partial charge on any atom is -0.374 e. The number of hydrogen-bond acceptors (Lipinski definition) is 2. The van der Waals surface area contributed by atoms with E-state index in [0.29, 0.717) is 0 Å². The van der Waals surface area contributed by atoms with Crippen LogP contribution in [0, 0.1) is 5.92 Å². The van der Waals surface area contributed by atoms with Gasteiger partial charge in [-0.3, -0.25) is 0 Å². The molecule has 0 unspecified atom stereocenters. The fourth-order valence-electron chi connectivity index (χ4n) is 3.54. The monoisotopic (exact) mass is 258 g/mol. The molecule has 1 aromatic carbocycles. The molecule has 0 amide bonds. The van der Waals surface area contributed by atoms with Crippen molar-refractivity contribution in [3.05, 3.63) is 29.3 Å². The second kappa shape index (κ2) is 5.96. The van der Waals surface area contributed by atoms with Crippen LogP contribution in [0.25, 0.3) is 0 Å². The SMILES string of the molecule is CN1CCc2cc(CNCC3CCCCC3)ccc21. The van der Waals surface area contributed by atoms with E-state index in [9.17, 15) is 0 Å². The van der Waals surface area contributed by atoms with E-state index < -0.39 is 0 Å². The Balaban J connectivity index is 1.50. The Morgan fingerprint density at radius 1 is 1.21 bits per heavy atom. The maximum atomic E-state index is 3.66. The molecule has 2 heteroatoms. The largest absolute Gasteiger partial charge is 0.374 e. The molecule has 1 aromatic rings. The zero-order valence-electron chi connectivity index (χ0n) is 12.1. The summed E-state index contributed by atoms with van der Waals surface area (Å²) in [5.74, 6) is 0.925. The van der Waals surface area contributed by atoms with Gasteiger partial charge in [0.2, 0.25) is 0 Å². The molecule has 0 spiro atoms. The van der Waals surface area contributed by atoms with Crippen molar-refractivity contribution in [2.24, 2.45) is 5.92 Å². The number of hydrogen-bond donors (Lipinski definition) is 1. The smallest absolute Gasteiger partial charge is 0.0397 e. The van der Waals surface area contributed by atoms with E-state index in [1.54, 1.807) is 0 Å². The van der Waals surface area contributed by atoms with E-state index in [4.69, 9.17) is 0 Å². The summed E-state index contributed by atoms with van der Waals surface area (Å²) >= 11 is 0. The molecule has 104 valence electrons. The Morgan fingerprint density at radius 3 is 2.89 bits per heavy atom. The average molecular weight is 258 g/mol. The minimum atomic E-state index is 0.925. The highest BCUT2D eigenvalue weighted by Gasteiger charge is 2.16. The third-order valence-electron chi connectivity index (χ3n) is 4.76. The molecular formula is C17H26N2. The van der Waals surface area contributed by atoms with Crippen LogP contribution >= 0.6 is 0 Å². The van der Waals surface area contributed by atoms with Gasteiger partial charge in [0.05, 0.1) is 0 Å². The van der Waals surface area contributed by atoms with Crippen molar-refractivity contribution in [2.75, 3.05) is 25.0 Å². The van der Waals surface area contributed by atoms with E-state index >= 15 is 0 Å². The van der Waals surface area contributed by atoms with Gasteiger partial charge < -0.3 is 10.2 Å². The number of benzene rings is 1. The first kappa shape index (κ1) is 13.0. The molecule has 1 saturated carbocycles. The standard InChI is InChI=1S/C17H26N2/c1-19-10-9-16-11-15(7-8-17(16)19)13-18-12-14-5-3-2-4-6-14/h7-8,11,14,18H,2-6,9-10,12-13H2,1H3. The van der Waals surface area contributed by atoms with Crippen LogP contribution in [-0.2, 0) is 13.0 Å². The summed E-state index contributed by atoms with van der Waals surface area (Å²) in [6.07, 6.45) is 8.41. The van der Waals surface area contributed by atoms with Gasteiger partial charge in [-0.05, 0) is 48.9 Å². The van der Waals surface area contributed by atoms with Crippen LogP contribution < -0.4 is 10.2 Å². The van der Waals surface area contributed by atoms with Crippen LogP contribution in [0.15, 0.2) is 18.2 Å². The van der Waals surface area contributed by atoms with Crippen molar-refractivity contribution >= 4 is 5.69 Å². The molecule has 3 rings (SSSR count). The normalized spacial score (nSPS) is 19.7. The van der Waals surface area contributed by atoms with E-state index in [1.165, 1.54) is 68.4 Å². The number of fused-ring (bicyclic) bond motifs is 1. The van der Waals surface area contributed by atoms with Crippen LogP contribution in [0.3, 0.4) is 0 Å². The van der Waals surface area contributed by atoms with Crippen molar-refractivity contribution < 1.29 is 0 Å². The maximum Gasteiger partial charge on any atom is 0.0397 e. The van der Waals surface area contributed by atoms with E-state index in [0.717, 1.165) is 12.5 Å². The molecular weight excluding hydrogens is 232 g/mol. The topological polar surface area (TPSA) is 15.3 Å². The number of rotatable bonds is 4. The zero-order valence-corrected chi connectivity index (χ0v) is 12.1. The number of nitrogens with one attached hydrogen (secondary N) is 1. The summed E-state index contributed by atoms with van der Waals surface area (Å²) in [4.78, 5) is 2.36. The van der Waals surface area contributed by atoms with Crippen LogP contribution in [0.4, 0.5) is 5.69 Å². The Kier molecular flexibility index (Phi) is 4.07. The predicted octanol–water partition coefficient (Wildman–Crippen LogP) is 3.35. The highest BCUT2D eigenvalue weighted by molar-refractivity contribution is 5.58. The quantitative estimate of drug-likeness (QED) is 0.891. The van der Waals surface area contributed by atoms with Crippen molar-refractivity contribution in [1.82, 2.24) is 5.32 Å². The summed E-state index contributed by atoms with van der Waals surface area (Å²) in [6.45, 7) is 3.42. The van der Waals surface area contributed by atoms with Gasteiger partial charge in [-0.2, -0.15) is 0 Å². The summed E-state index contributed by atoms with van der Waals surface area (Å²) < 4.78 is 0. The van der Waals surface area contributed by atoms with Gasteiger partial charge >= 0.3 is 0 Å². The van der Waals surface area contributed by atoms with Gasteiger partial charge in [-0.15, -0.1) is 0 Å². The molecule has 1 fully saturated rings. The van der Waals surface area contributed by atoms with Crippen molar-refractivity contribution in [1.29, 1.82) is 0 Å². The second-order valence-corrected chi connectivity index (χ2v) is 6.27. The third kappa shape index (κ3) is 3.11. The molecule has 0 radical (unpaired) electrons. The lowest BCUT2D eigenvalue weighted by molar-refractivity contribution is 0.342. The molecule has 1 N–H and O–H groups in total. The predicted molar refractivity (Wildman–Crippen MR) is 81.7 cm³/mol. The van der Waals surface area contributed by atoms with Crippen molar-refractivity contribution in [3.63, 3.8) is 0 Å². The summed E-state index contributed by atoms with van der Waals surface area (Å²) in [5, 5.41) is 3.66. The number of likely N-dealkylation sites (N-methyl/N-ethyl adjacent to an activating group) is 1. The van der Waals surface area contributed by atoms with E-state index in [2.05, 4.69) is 35.5 Å². The van der Waals surface area contributed by atoms with Gasteiger partial charge in [0.15, 0.2) is 0 Å². The molecule has 2 nitrogen and oxygen atoms in total. The van der Waals surface area contributed by atoms with Crippen LogP contribution in [0.2, 0.25) is 0 Å². The molecule has 0 saturated heterocycles. The fourth-order valence-corrected chi connectivity index (χ4v) is 3.54. The Bertz CT molecular complexity index is 421. The van der Waals surface area contributed by atoms with E-state index in [1.807, 2.05) is 0 Å². The van der Waals surface area contributed by atoms with E-state index in [-0.39, 0.29) is 0 Å². The Labute approximate surface area is 117 Å². The summed E-state index contributed by atoms with van der Waals surface area (Å²) in [5.41, 5.74) is 4.40. The molecule has 0 bridgehead atoms. The molecule has 1 aliphatic heterocycles. The van der Waals surface area contributed by atoms with Crippen molar-refractivity contribution in [2.45, 2.75) is 45.1 Å². The molecule has 1 heterocycles. The number of nitrogens with zero attached hydrogens (tertiary/aromatic N) is 1. The van der Waals surface area contributed by atoms with Gasteiger partial charge in [0, 0.05) is 25.8 Å². The first-order valence-electron chi connectivity index (χ1n) is 7.86. The lowest BCUT2D eigenvalue weighted by Crippen LogP contribution is -2.24. The van der Waals surface area contributed by atoms with Crippen LogP contribution in [0.5, 0.6) is 0 Å². The first-order chi connectivity index (χ1) is 9.33. The summed E-state index contributed by atoms with van der Waals surface area (Å²) in [7, 11) is 2.19. The average Bonchev–Trinajstić information content (AvgIpc) is 2.81. The molecule has 0 atom stereocenters. The van der Waals surface area contributed by atoms with Gasteiger partial charge in [-0.1, -0.05) is 31.4 Å². The highest BCUT2D eigenvalue weighted by Crippen LogP contribution is 2.27. The minimum absolute atomic E-state index is 0.925. The maximum absolute atomic E-state index is 3.66. The second-order valence-electron chi connectivity index (χ2n) is 6.27. The van der Waals surface area contributed by atoms with Crippen LogP contribution in [-0.4, -0.2) is 20.1 Å². The molecule has 19 heavy (non-hydrogen) atoms. The van der Waals surface area contributed by atoms with Gasteiger partial charge in [0.1, 0.15) is 0 Å². The molecule has 0 aromatic heterocycles. The van der Waals surface area contributed by atoms with Crippen LogP contribution in [0.1, 0.15) is 43.2 Å². The van der Waals surface area contributed by atoms with Crippen molar-refractivity contribution in [3.8, 4) is 0 Å². The first-order valence-corrected chi connectivity index (χ1v) is 7.86. The lowest BCUT2D eigenvalue weighted by Gasteiger charge is -2.22. The molecule has 2 aliphatic rings. The third-order valence-corrected chi connectivity index (χ3v) is 4.76. The van der Waals surface area contributed by atoms with Gasteiger partial charge in [0.25, 0.3) is 0 Å². The lowest BCUT2D eigenvalue weighted by atomic mass is 9.89.